The van der Waals surface area contributed by atoms with Crippen LogP contribution in [0.4, 0.5) is 22.2 Å². The largest absolute Gasteiger partial charge is 0.497 e. The number of piperazine rings is 3. The van der Waals surface area contributed by atoms with Crippen LogP contribution in [0.5, 0.6) is 17.2 Å². The lowest BCUT2D eigenvalue weighted by Gasteiger charge is -2.28. The van der Waals surface area contributed by atoms with Crippen molar-refractivity contribution in [2.45, 2.75) is 59.7 Å². The van der Waals surface area contributed by atoms with Crippen LogP contribution in [0.1, 0.15) is 88.3 Å². The molecule has 16 rings (SSSR count). The van der Waals surface area contributed by atoms with E-state index < -0.39 is 47.1 Å². The van der Waals surface area contributed by atoms with Crippen molar-refractivity contribution in [2.24, 2.45) is 0 Å². The van der Waals surface area contributed by atoms with Crippen molar-refractivity contribution in [3.05, 3.63) is 313 Å². The first kappa shape index (κ1) is 91.8. The van der Waals surface area contributed by atoms with Crippen LogP contribution in [0, 0.1) is 0 Å². The maximum absolute atomic E-state index is 14.7. The molecule has 7 heterocycles. The van der Waals surface area contributed by atoms with Gasteiger partial charge in [0, 0.05) is 101 Å². The number of nitrogens with zero attached hydrogens (tertiary/aromatic N) is 10. The fraction of sp³-hybridized carbons (Fsp3) is 0.266. The average molecular weight is 1820 g/mol. The highest BCUT2D eigenvalue weighted by Gasteiger charge is 2.37. The molecule has 8 N–H and O–H groups in total. The van der Waals surface area contributed by atoms with E-state index in [1.165, 1.54) is 38.7 Å². The molecule has 4 aromatic heterocycles. The lowest BCUT2D eigenvalue weighted by atomic mass is 10.1. The quantitative estimate of drug-likeness (QED) is 0.0220. The number of nitrogens with two attached hydrogens (primary N) is 1. The zero-order valence-electron chi connectivity index (χ0n) is 71.9. The fourth-order valence-corrected chi connectivity index (χ4v) is 19.8. The summed E-state index contributed by atoms with van der Waals surface area (Å²) in [6.07, 6.45) is 1.30. The second-order valence-corrected chi connectivity index (χ2v) is 37.2. The SMILES string of the molecule is CCCS(=O)(=O)Nc1ccccc1-n1c(-c2ccccc2)c(C(=O)N2CCNCC2)n(Cc2cccc(OC)c2)c1=O.CCCS(=O)(=O)Nc1ccccc1-n1c(-c2ccccc2)c(C(=O)N2CCNCC2)n(Cc2cccc(Oc3ccccc3)c2)c1=O.CCCS(=O)(=O)Nc1ccccc1-n1c(-c2ccccc2)c(C(=O)N2CCNCC2)n(Cc2csc(N)n2)c1=O. The third-order valence-electron chi connectivity index (χ3n) is 21.6. The number of carbonyl (C=O) groups is 3. The van der Waals surface area contributed by atoms with Gasteiger partial charge in [0.25, 0.3) is 17.7 Å². The Hall–Kier alpha value is -13.4. The minimum atomic E-state index is -3.69. The number of nitrogens with one attached hydrogen (secondary N) is 6. The third kappa shape index (κ3) is 21.9. The van der Waals surface area contributed by atoms with Crippen molar-refractivity contribution in [2.75, 3.05) is 123 Å². The molecular weight excluding hydrogens is 1720 g/mol. The summed E-state index contributed by atoms with van der Waals surface area (Å²) in [5, 5.41) is 11.9. The Balaban J connectivity index is 0.000000157. The Morgan fingerprint density at radius 2 is 0.698 bits per heavy atom. The first-order chi connectivity index (χ1) is 62.5. The van der Waals surface area contributed by atoms with Gasteiger partial charge in [0.1, 0.15) is 34.3 Å². The Morgan fingerprint density at radius 3 is 1.02 bits per heavy atom. The molecule has 3 aliphatic rings. The van der Waals surface area contributed by atoms with E-state index in [0.717, 1.165) is 11.1 Å². The van der Waals surface area contributed by atoms with Crippen molar-refractivity contribution in [3.63, 3.8) is 0 Å². The lowest BCUT2D eigenvalue weighted by Crippen LogP contribution is -2.47. The number of aromatic nitrogens is 7. The van der Waals surface area contributed by atoms with Gasteiger partial charge in [-0.3, -0.25) is 56.0 Å². The molecule has 0 spiro atoms. The molecule has 31 nitrogen and oxygen atoms in total. The van der Waals surface area contributed by atoms with Crippen LogP contribution in [0.2, 0.25) is 0 Å². The molecule has 0 bridgehead atoms. The summed E-state index contributed by atoms with van der Waals surface area (Å²) in [7, 11) is -9.45. The molecule has 129 heavy (non-hydrogen) atoms. The van der Waals surface area contributed by atoms with Crippen LogP contribution >= 0.6 is 11.3 Å². The van der Waals surface area contributed by atoms with Gasteiger partial charge in [-0.15, -0.1) is 11.3 Å². The monoisotopic (exact) mass is 1820 g/mol. The molecule has 0 unspecified atom stereocenters. The number of imidazole rings is 3. The van der Waals surface area contributed by atoms with Crippen LogP contribution in [0.3, 0.4) is 0 Å². The zero-order chi connectivity index (χ0) is 90.8. The number of carbonyl (C=O) groups excluding carboxylic acids is 3. The van der Waals surface area contributed by atoms with Gasteiger partial charge in [0.2, 0.25) is 30.1 Å². The van der Waals surface area contributed by atoms with Crippen LogP contribution in [-0.4, -0.2) is 193 Å². The highest BCUT2D eigenvalue weighted by Crippen LogP contribution is 2.37. The number of ether oxygens (including phenoxy) is 2. The van der Waals surface area contributed by atoms with Crippen LogP contribution < -0.4 is 62.4 Å². The molecule has 3 amide bonds. The first-order valence-electron chi connectivity index (χ1n) is 42.6. The van der Waals surface area contributed by atoms with Gasteiger partial charge in [0.05, 0.1) is 101 Å². The van der Waals surface area contributed by atoms with Crippen LogP contribution in [0.25, 0.3) is 50.8 Å². The Morgan fingerprint density at radius 1 is 0.395 bits per heavy atom. The molecule has 9 aromatic carbocycles. The van der Waals surface area contributed by atoms with E-state index in [1.54, 1.807) is 121 Å². The van der Waals surface area contributed by atoms with Gasteiger partial charge >= 0.3 is 17.1 Å². The van der Waals surface area contributed by atoms with E-state index in [2.05, 4.69) is 35.1 Å². The van der Waals surface area contributed by atoms with E-state index in [0.29, 0.717) is 177 Å². The number of hydrogen-bond acceptors (Lipinski definition) is 20. The first-order valence-corrected chi connectivity index (χ1v) is 48.5. The highest BCUT2D eigenvalue weighted by atomic mass is 32.2. The smallest absolute Gasteiger partial charge is 0.334 e. The molecule has 0 radical (unpaired) electrons. The van der Waals surface area contributed by atoms with Crippen molar-refractivity contribution >= 4 is 81.3 Å². The predicted octanol–water partition coefficient (Wildman–Crippen LogP) is 11.5. The van der Waals surface area contributed by atoms with Gasteiger partial charge < -0.3 is 45.9 Å². The number of para-hydroxylation sites is 7. The maximum Gasteiger partial charge on any atom is 0.334 e. The van der Waals surface area contributed by atoms with Crippen LogP contribution in [0.15, 0.2) is 262 Å². The summed E-state index contributed by atoms with van der Waals surface area (Å²) in [5.74, 6) is 0.867. The van der Waals surface area contributed by atoms with Gasteiger partial charge in [-0.25, -0.2) is 44.6 Å². The van der Waals surface area contributed by atoms with E-state index in [9.17, 15) is 54.0 Å². The van der Waals surface area contributed by atoms with Gasteiger partial charge in [-0.05, 0) is 103 Å². The number of amides is 3. The van der Waals surface area contributed by atoms with Gasteiger partial charge in [-0.1, -0.05) is 191 Å². The normalized spacial score (nSPS) is 13.6. The lowest BCUT2D eigenvalue weighted by molar-refractivity contribution is 0.0718. The maximum atomic E-state index is 14.7. The number of hydrogen-bond donors (Lipinski definition) is 7. The molecule has 0 atom stereocenters. The molecule has 3 fully saturated rings. The highest BCUT2D eigenvalue weighted by molar-refractivity contribution is 7.93. The van der Waals surface area contributed by atoms with E-state index in [4.69, 9.17) is 15.2 Å². The number of nitrogen functional groups attached to an aromatic ring is 1. The molecule has 3 saturated heterocycles. The molecule has 0 saturated carbocycles. The fourth-order valence-electron chi connectivity index (χ4n) is 15.8. The Bertz CT molecular complexity index is 6680. The summed E-state index contributed by atoms with van der Waals surface area (Å²) >= 11 is 1.25. The summed E-state index contributed by atoms with van der Waals surface area (Å²) in [4.78, 5) is 96.1. The van der Waals surface area contributed by atoms with Crippen LogP contribution in [-0.2, 0) is 49.7 Å². The Kier molecular flexibility index (Phi) is 29.9. The number of benzene rings is 9. The van der Waals surface area contributed by atoms with Crippen molar-refractivity contribution in [3.8, 4) is 68.1 Å². The predicted molar refractivity (Wildman–Crippen MR) is 506 cm³/mol. The number of methoxy groups -OCH3 is 1. The number of rotatable bonds is 30. The second-order valence-electron chi connectivity index (χ2n) is 30.8. The summed E-state index contributed by atoms with van der Waals surface area (Å²) in [5.41, 5.74) is 12.0. The molecule has 13 aromatic rings. The minimum Gasteiger partial charge on any atom is -0.497 e. The second kappa shape index (κ2) is 42.0. The van der Waals surface area contributed by atoms with Crippen molar-refractivity contribution < 1.29 is 49.1 Å². The number of thiazole rings is 1. The standard InChI is InChI=1S/C36H37N5O5S.C31H35N5O5S.C27H31N7O4S2/c1-2-24-47(44,45)38-31-18-9-10-19-32(31)41-33(28-13-5-3-6-14-28)34(35(42)39-22-20-37-21-23-39)40(36(41)43)26-27-12-11-17-30(25-27)46-29-15-7-4-8-16-29;1-3-20-42(39,40)33-26-14-7-8-15-27(26)36-28(24-11-5-4-6-12-24)29(30(37)34-18-16-32-17-19-34)35(31(36)38)22-23-10-9-13-25(21-23)41-2;1-2-16-40(37,38)31-21-10-6-7-11-22(21)34-23(19-8-4-3-5-9-19)24(25(35)32-14-12-29-13-15-32)33(27(34)36)17-20-18-39-26(28)30-20/h3-19,25,37-38H,2,20-24,26H2,1H3;4-15,21,32-33H,3,16-20,22H2,1-2H3;3-11,18,29,31H,2,12-17H2,1H3,(H2,28,30). The van der Waals surface area contributed by atoms with E-state index >= 15 is 0 Å². The van der Waals surface area contributed by atoms with E-state index in [-0.39, 0.29) is 88.8 Å². The summed E-state index contributed by atoms with van der Waals surface area (Å²) in [6, 6.07) is 72.1. The molecular formula is C94H103N17O14S4. The number of sulfonamides is 3. The number of anilines is 4. The Labute approximate surface area is 752 Å². The topological polar surface area (TPSA) is 374 Å². The summed E-state index contributed by atoms with van der Waals surface area (Å²) in [6.45, 7) is 12.4. The van der Waals surface area contributed by atoms with Gasteiger partial charge in [0.15, 0.2) is 5.13 Å². The average Bonchev–Trinajstić information content (AvgIpc) is 1.60. The molecule has 35 heteroatoms. The molecule has 672 valence electrons. The van der Waals surface area contributed by atoms with E-state index in [1.807, 2.05) is 170 Å². The van der Waals surface area contributed by atoms with Crippen molar-refractivity contribution in [1.29, 1.82) is 0 Å². The minimum absolute atomic E-state index is 0.0241. The van der Waals surface area contributed by atoms with Gasteiger partial charge in [-0.2, -0.15) is 0 Å². The summed E-state index contributed by atoms with van der Waals surface area (Å²) < 4.78 is 105. The van der Waals surface area contributed by atoms with Crippen molar-refractivity contribution in [1.82, 2.24) is 63.0 Å². The zero-order valence-corrected chi connectivity index (χ0v) is 75.2. The molecule has 3 aliphatic heterocycles. The molecule has 0 aliphatic carbocycles. The third-order valence-corrected chi connectivity index (χ3v) is 26.8.